The van der Waals surface area contributed by atoms with Gasteiger partial charge in [0.2, 0.25) is 4.77 Å². The smallest absolute Gasteiger partial charge is 0.202 e. The van der Waals surface area contributed by atoms with E-state index >= 15 is 0 Å². The van der Waals surface area contributed by atoms with Crippen LogP contribution in [-0.4, -0.2) is 35.6 Å². The van der Waals surface area contributed by atoms with Gasteiger partial charge in [-0.25, -0.2) is 0 Å². The quantitative estimate of drug-likeness (QED) is 0.577. The van der Waals surface area contributed by atoms with Gasteiger partial charge in [0.25, 0.3) is 0 Å². The molecule has 6 nitrogen and oxygen atoms in total. The molecule has 0 aliphatic carbocycles. The van der Waals surface area contributed by atoms with Crippen LogP contribution in [0.3, 0.4) is 0 Å². The van der Waals surface area contributed by atoms with E-state index < -0.39 is 0 Å². The maximum Gasteiger partial charge on any atom is 0.202 e. The number of aryl methyl sites for hydroxylation is 1. The average Bonchev–Trinajstić information content (AvgIpc) is 2.97. The van der Waals surface area contributed by atoms with E-state index in [1.165, 1.54) is 21.6 Å². The summed E-state index contributed by atoms with van der Waals surface area (Å²) in [4.78, 5) is 1.28. The molecule has 7 heteroatoms. The second-order valence-electron chi connectivity index (χ2n) is 7.35. The Balaban J connectivity index is 1.75. The number of quaternary nitrogens is 1. The molecule has 1 atom stereocenters. The van der Waals surface area contributed by atoms with Crippen molar-refractivity contribution in [3.8, 4) is 11.5 Å². The molecule has 29 heavy (non-hydrogen) atoms. The number of methoxy groups -OCH3 is 2. The van der Waals surface area contributed by atoms with Gasteiger partial charge in [0.1, 0.15) is 12.4 Å². The fourth-order valence-corrected chi connectivity index (χ4v) is 3.63. The van der Waals surface area contributed by atoms with Crippen LogP contribution in [0.2, 0.25) is 0 Å². The molecule has 0 radical (unpaired) electrons. The Labute approximate surface area is 177 Å². The molecule has 1 N–H and O–H groups in total. The molecule has 1 heterocycles. The molecule has 2 aromatic carbocycles. The normalized spacial score (nSPS) is 12.0. The van der Waals surface area contributed by atoms with Gasteiger partial charge in [0, 0.05) is 19.0 Å². The van der Waals surface area contributed by atoms with Crippen molar-refractivity contribution in [1.82, 2.24) is 14.3 Å². The first-order valence-electron chi connectivity index (χ1n) is 9.62. The Bertz CT molecular complexity index is 1030. The monoisotopic (exact) mass is 413 g/mol. The minimum absolute atomic E-state index is 0.690. The number of hydrogen-bond donors (Lipinski definition) is 1. The van der Waals surface area contributed by atoms with Crippen LogP contribution in [-0.2, 0) is 26.7 Å². The van der Waals surface area contributed by atoms with Crippen molar-refractivity contribution in [3.63, 3.8) is 0 Å². The summed E-state index contributed by atoms with van der Waals surface area (Å²) in [6, 6.07) is 14.4. The lowest BCUT2D eigenvalue weighted by molar-refractivity contribution is -0.917. The standard InChI is InChI=1S/C22H28N4O2S/c1-16-11-19(27-4)20(28-5)13-18(16)14-24(2)15-26-22(29)25(3)21(23-26)12-17-9-7-6-8-10-17/h6-11,13H,12,14-15H2,1-5H3/p+1. The lowest BCUT2D eigenvalue weighted by Gasteiger charge is -2.17. The Morgan fingerprint density at radius 1 is 1.07 bits per heavy atom. The zero-order chi connectivity index (χ0) is 21.0. The van der Waals surface area contributed by atoms with E-state index in [-0.39, 0.29) is 0 Å². The van der Waals surface area contributed by atoms with Crippen LogP contribution in [0.5, 0.6) is 11.5 Å². The van der Waals surface area contributed by atoms with Gasteiger partial charge in [0.05, 0.1) is 21.3 Å². The van der Waals surface area contributed by atoms with Crippen LogP contribution in [0.1, 0.15) is 22.5 Å². The largest absolute Gasteiger partial charge is 0.493 e. The summed E-state index contributed by atoms with van der Waals surface area (Å²) >= 11 is 5.63. The van der Waals surface area contributed by atoms with Gasteiger partial charge >= 0.3 is 0 Å². The topological polar surface area (TPSA) is 45.7 Å². The summed E-state index contributed by atoms with van der Waals surface area (Å²) in [6.45, 7) is 3.61. The third-order valence-electron chi connectivity index (χ3n) is 5.09. The Morgan fingerprint density at radius 2 is 1.72 bits per heavy atom. The molecule has 0 saturated heterocycles. The van der Waals surface area contributed by atoms with Crippen molar-refractivity contribution in [3.05, 3.63) is 69.8 Å². The van der Waals surface area contributed by atoms with Crippen molar-refractivity contribution in [2.45, 2.75) is 26.6 Å². The van der Waals surface area contributed by atoms with Crippen molar-refractivity contribution < 1.29 is 14.4 Å². The molecule has 3 rings (SSSR count). The summed E-state index contributed by atoms with van der Waals surface area (Å²) in [5.74, 6) is 2.47. The minimum atomic E-state index is 0.690. The number of ether oxygens (including phenoxy) is 2. The molecule has 0 bridgehead atoms. The van der Waals surface area contributed by atoms with Crippen LogP contribution in [0.4, 0.5) is 0 Å². The second-order valence-corrected chi connectivity index (χ2v) is 7.71. The number of hydrogen-bond acceptors (Lipinski definition) is 4. The first-order chi connectivity index (χ1) is 13.9. The van der Waals surface area contributed by atoms with Gasteiger partial charge in [0.15, 0.2) is 18.2 Å². The van der Waals surface area contributed by atoms with Crippen LogP contribution >= 0.6 is 12.2 Å². The predicted molar refractivity (Wildman–Crippen MR) is 116 cm³/mol. The highest BCUT2D eigenvalue weighted by atomic mass is 32.1. The molecule has 154 valence electrons. The van der Waals surface area contributed by atoms with Crippen LogP contribution in [0.15, 0.2) is 42.5 Å². The molecule has 0 saturated carbocycles. The van der Waals surface area contributed by atoms with Gasteiger partial charge in [-0.05, 0) is 42.4 Å². The molecular formula is C22H29N4O2S+. The van der Waals surface area contributed by atoms with E-state index in [1.54, 1.807) is 14.2 Å². The van der Waals surface area contributed by atoms with Crippen molar-refractivity contribution in [2.75, 3.05) is 21.3 Å². The second kappa shape index (κ2) is 9.24. The molecule has 1 unspecified atom stereocenters. The summed E-state index contributed by atoms with van der Waals surface area (Å²) in [7, 11) is 7.45. The molecule has 0 aliphatic heterocycles. The van der Waals surface area contributed by atoms with Crippen molar-refractivity contribution in [2.24, 2.45) is 7.05 Å². The number of nitrogens with one attached hydrogen (secondary N) is 1. The summed E-state index contributed by atoms with van der Waals surface area (Å²) in [5.41, 5.74) is 3.62. The predicted octanol–water partition coefficient (Wildman–Crippen LogP) is 2.54. The average molecular weight is 414 g/mol. The Hall–Kier alpha value is -2.64. The first kappa shape index (κ1) is 21.1. The fraction of sp³-hybridized carbons (Fsp3) is 0.364. The maximum absolute atomic E-state index is 5.63. The highest BCUT2D eigenvalue weighted by molar-refractivity contribution is 7.71. The van der Waals surface area contributed by atoms with Crippen LogP contribution in [0, 0.1) is 11.7 Å². The van der Waals surface area contributed by atoms with Gasteiger partial charge in [-0.3, -0.25) is 0 Å². The maximum atomic E-state index is 5.63. The van der Waals surface area contributed by atoms with Crippen LogP contribution < -0.4 is 14.4 Å². The molecule has 0 amide bonds. The third kappa shape index (κ3) is 4.86. The van der Waals surface area contributed by atoms with Gasteiger partial charge < -0.3 is 18.9 Å². The molecule has 0 aliphatic rings. The molecule has 0 spiro atoms. The lowest BCUT2D eigenvalue weighted by Crippen LogP contribution is -3.07. The SMILES string of the molecule is COc1cc(C)c(C[NH+](C)Cn2nc(Cc3ccccc3)n(C)c2=S)cc1OC. The summed E-state index contributed by atoms with van der Waals surface area (Å²) in [5, 5.41) is 4.78. The fourth-order valence-electron chi connectivity index (χ4n) is 3.42. The summed E-state index contributed by atoms with van der Waals surface area (Å²) in [6.07, 6.45) is 0.766. The minimum Gasteiger partial charge on any atom is -0.493 e. The molecule has 0 fully saturated rings. The number of benzene rings is 2. The third-order valence-corrected chi connectivity index (χ3v) is 5.57. The van der Waals surface area contributed by atoms with Gasteiger partial charge in [-0.2, -0.15) is 9.78 Å². The lowest BCUT2D eigenvalue weighted by atomic mass is 10.1. The van der Waals surface area contributed by atoms with E-state index in [4.69, 9.17) is 26.8 Å². The van der Waals surface area contributed by atoms with E-state index in [0.29, 0.717) is 6.67 Å². The van der Waals surface area contributed by atoms with E-state index in [0.717, 1.165) is 35.1 Å². The van der Waals surface area contributed by atoms with Crippen molar-refractivity contribution >= 4 is 12.2 Å². The molecule has 3 aromatic rings. The molecular weight excluding hydrogens is 384 g/mol. The van der Waals surface area contributed by atoms with E-state index in [9.17, 15) is 0 Å². The van der Waals surface area contributed by atoms with Crippen molar-refractivity contribution in [1.29, 1.82) is 0 Å². The Kier molecular flexibility index (Phi) is 6.71. The first-order valence-corrected chi connectivity index (χ1v) is 10.0. The highest BCUT2D eigenvalue weighted by Gasteiger charge is 2.15. The number of aromatic nitrogens is 3. The summed E-state index contributed by atoms with van der Waals surface area (Å²) < 4.78 is 15.5. The van der Waals surface area contributed by atoms with E-state index in [1.807, 2.05) is 40.6 Å². The van der Waals surface area contributed by atoms with E-state index in [2.05, 4.69) is 32.2 Å². The zero-order valence-electron chi connectivity index (χ0n) is 17.7. The number of rotatable bonds is 8. The highest BCUT2D eigenvalue weighted by Crippen LogP contribution is 2.29. The van der Waals surface area contributed by atoms with Gasteiger partial charge in [-0.15, -0.1) is 0 Å². The number of nitrogens with zero attached hydrogens (tertiary/aromatic N) is 3. The van der Waals surface area contributed by atoms with Gasteiger partial charge in [-0.1, -0.05) is 30.3 Å². The Morgan fingerprint density at radius 3 is 2.38 bits per heavy atom. The molecule has 1 aromatic heterocycles. The zero-order valence-corrected chi connectivity index (χ0v) is 18.5. The van der Waals surface area contributed by atoms with Crippen LogP contribution in [0.25, 0.3) is 0 Å².